The van der Waals surface area contributed by atoms with Crippen molar-refractivity contribution in [1.82, 2.24) is 10.2 Å². The summed E-state index contributed by atoms with van der Waals surface area (Å²) in [6.45, 7) is 4.88. The third-order valence-electron chi connectivity index (χ3n) is 5.39. The van der Waals surface area contributed by atoms with Crippen LogP contribution in [-0.2, 0) is 0 Å². The van der Waals surface area contributed by atoms with E-state index in [9.17, 15) is 0 Å². The second-order valence-corrected chi connectivity index (χ2v) is 7.25. The van der Waals surface area contributed by atoms with Gasteiger partial charge in [-0.3, -0.25) is 4.90 Å². The fourth-order valence-corrected chi connectivity index (χ4v) is 3.99. The highest BCUT2D eigenvalue weighted by Crippen LogP contribution is 2.21. The summed E-state index contributed by atoms with van der Waals surface area (Å²) in [5, 5.41) is 3.62. The first-order valence-corrected chi connectivity index (χ1v) is 10.1. The van der Waals surface area contributed by atoms with Crippen LogP contribution in [0.2, 0.25) is 0 Å². The van der Waals surface area contributed by atoms with Gasteiger partial charge < -0.3 is 5.32 Å². The lowest BCUT2D eigenvalue weighted by Gasteiger charge is -2.32. The molecule has 1 fully saturated rings. The summed E-state index contributed by atoms with van der Waals surface area (Å²) in [7, 11) is 0. The van der Waals surface area contributed by atoms with E-state index in [1.165, 1.54) is 103 Å². The van der Waals surface area contributed by atoms with Crippen molar-refractivity contribution in [3.05, 3.63) is 12.2 Å². The van der Waals surface area contributed by atoms with Crippen LogP contribution in [0.15, 0.2) is 12.2 Å². The zero-order valence-corrected chi connectivity index (χ0v) is 14.7. The normalized spacial score (nSPS) is 26.0. The van der Waals surface area contributed by atoms with E-state index >= 15 is 0 Å². The van der Waals surface area contributed by atoms with Gasteiger partial charge in [0.05, 0.1) is 0 Å². The highest BCUT2D eigenvalue weighted by Gasteiger charge is 2.17. The van der Waals surface area contributed by atoms with E-state index < -0.39 is 0 Å². The SMILES string of the molecule is C1=CCCNCCN(C2CCCCCCCCCC2)CCC1. The lowest BCUT2D eigenvalue weighted by molar-refractivity contribution is 0.170. The fraction of sp³-hybridized carbons (Fsp3) is 0.900. The third-order valence-corrected chi connectivity index (χ3v) is 5.39. The van der Waals surface area contributed by atoms with Gasteiger partial charge in [-0.15, -0.1) is 0 Å². The molecule has 2 nitrogen and oxygen atoms in total. The van der Waals surface area contributed by atoms with Gasteiger partial charge >= 0.3 is 0 Å². The first-order chi connectivity index (χ1) is 11.0. The Morgan fingerprint density at radius 2 is 1.27 bits per heavy atom. The molecule has 0 bridgehead atoms. The van der Waals surface area contributed by atoms with Crippen molar-refractivity contribution in [2.45, 2.75) is 89.5 Å². The highest BCUT2D eigenvalue weighted by atomic mass is 15.2. The van der Waals surface area contributed by atoms with Crippen molar-refractivity contribution in [3.8, 4) is 0 Å². The van der Waals surface area contributed by atoms with E-state index in [1.54, 1.807) is 0 Å². The van der Waals surface area contributed by atoms with Gasteiger partial charge in [-0.25, -0.2) is 0 Å². The van der Waals surface area contributed by atoms with E-state index in [4.69, 9.17) is 0 Å². The summed E-state index contributed by atoms with van der Waals surface area (Å²) in [4.78, 5) is 2.82. The van der Waals surface area contributed by atoms with Crippen molar-refractivity contribution >= 4 is 0 Å². The van der Waals surface area contributed by atoms with Gasteiger partial charge in [-0.2, -0.15) is 0 Å². The molecule has 1 heterocycles. The zero-order valence-electron chi connectivity index (χ0n) is 14.7. The number of nitrogens with zero attached hydrogens (tertiary/aromatic N) is 1. The molecule has 0 aromatic carbocycles. The molecule has 2 aliphatic rings. The lowest BCUT2D eigenvalue weighted by Crippen LogP contribution is -2.40. The van der Waals surface area contributed by atoms with Crippen LogP contribution < -0.4 is 5.32 Å². The molecule has 2 heteroatoms. The van der Waals surface area contributed by atoms with Gasteiger partial charge in [0.1, 0.15) is 0 Å². The van der Waals surface area contributed by atoms with Crippen LogP contribution in [-0.4, -0.2) is 37.1 Å². The summed E-state index contributed by atoms with van der Waals surface area (Å²) in [6, 6.07) is 0.852. The highest BCUT2D eigenvalue weighted by molar-refractivity contribution is 4.84. The predicted molar refractivity (Wildman–Crippen MR) is 97.4 cm³/mol. The minimum Gasteiger partial charge on any atom is -0.315 e. The van der Waals surface area contributed by atoms with Gasteiger partial charge in [0.25, 0.3) is 0 Å². The maximum atomic E-state index is 3.62. The quantitative estimate of drug-likeness (QED) is 0.693. The molecule has 0 spiro atoms. The second-order valence-electron chi connectivity index (χ2n) is 7.25. The summed E-state index contributed by atoms with van der Waals surface area (Å²) in [5.41, 5.74) is 0. The molecule has 22 heavy (non-hydrogen) atoms. The number of nitrogens with one attached hydrogen (secondary N) is 1. The Hall–Kier alpha value is -0.340. The molecule has 0 unspecified atom stereocenters. The third kappa shape index (κ3) is 7.78. The van der Waals surface area contributed by atoms with Crippen LogP contribution in [0.3, 0.4) is 0 Å². The second kappa shape index (κ2) is 12.1. The zero-order chi connectivity index (χ0) is 15.3. The molecule has 1 saturated carbocycles. The molecule has 1 N–H and O–H groups in total. The Labute approximate surface area is 138 Å². The summed E-state index contributed by atoms with van der Waals surface area (Å²) < 4.78 is 0. The topological polar surface area (TPSA) is 15.3 Å². The first kappa shape index (κ1) is 18.0. The standard InChI is InChI=1S/C20H38N2/c1-2-4-7-11-15-20(14-10-6-3-1)22-18-13-9-5-8-12-16-21-17-19-22/h5,8,20-21H,1-4,6-7,9-19H2. The van der Waals surface area contributed by atoms with Crippen LogP contribution in [0.1, 0.15) is 83.5 Å². The molecular weight excluding hydrogens is 268 g/mol. The maximum Gasteiger partial charge on any atom is 0.0110 e. The molecule has 0 amide bonds. The van der Waals surface area contributed by atoms with E-state index in [-0.39, 0.29) is 0 Å². The molecule has 0 aromatic heterocycles. The van der Waals surface area contributed by atoms with Crippen molar-refractivity contribution in [3.63, 3.8) is 0 Å². The number of hydrogen-bond donors (Lipinski definition) is 1. The summed E-state index contributed by atoms with van der Waals surface area (Å²) >= 11 is 0. The Morgan fingerprint density at radius 3 is 2.00 bits per heavy atom. The van der Waals surface area contributed by atoms with Crippen molar-refractivity contribution in [2.75, 3.05) is 26.2 Å². The van der Waals surface area contributed by atoms with E-state index in [0.717, 1.165) is 12.6 Å². The molecule has 0 saturated heterocycles. The molecule has 128 valence electrons. The molecule has 0 atom stereocenters. The van der Waals surface area contributed by atoms with Gasteiger partial charge in [-0.1, -0.05) is 63.5 Å². The monoisotopic (exact) mass is 306 g/mol. The van der Waals surface area contributed by atoms with Crippen LogP contribution in [0.25, 0.3) is 0 Å². The van der Waals surface area contributed by atoms with E-state index in [0.29, 0.717) is 0 Å². The van der Waals surface area contributed by atoms with Crippen LogP contribution in [0, 0.1) is 0 Å². The Kier molecular flexibility index (Phi) is 9.93. The molecule has 1 aliphatic carbocycles. The molecule has 0 radical (unpaired) electrons. The number of hydrogen-bond acceptors (Lipinski definition) is 2. The summed E-state index contributed by atoms with van der Waals surface area (Å²) in [6.07, 6.45) is 23.2. The molecular formula is C20H38N2. The average Bonchev–Trinajstić information content (AvgIpc) is 2.64. The van der Waals surface area contributed by atoms with Crippen molar-refractivity contribution in [2.24, 2.45) is 0 Å². The van der Waals surface area contributed by atoms with Gasteiger partial charge in [0.15, 0.2) is 0 Å². The van der Waals surface area contributed by atoms with Crippen molar-refractivity contribution in [1.29, 1.82) is 0 Å². The van der Waals surface area contributed by atoms with E-state index in [2.05, 4.69) is 22.4 Å². The van der Waals surface area contributed by atoms with Crippen LogP contribution >= 0.6 is 0 Å². The molecule has 2 rings (SSSR count). The van der Waals surface area contributed by atoms with Crippen LogP contribution in [0.4, 0.5) is 0 Å². The average molecular weight is 307 g/mol. The number of rotatable bonds is 1. The minimum absolute atomic E-state index is 0.852. The van der Waals surface area contributed by atoms with Crippen molar-refractivity contribution < 1.29 is 0 Å². The van der Waals surface area contributed by atoms with E-state index in [1.807, 2.05) is 0 Å². The minimum atomic E-state index is 0.852. The largest absolute Gasteiger partial charge is 0.315 e. The van der Waals surface area contributed by atoms with Gasteiger partial charge in [-0.05, 0) is 45.2 Å². The maximum absolute atomic E-state index is 3.62. The Morgan fingerprint density at radius 1 is 0.636 bits per heavy atom. The smallest absolute Gasteiger partial charge is 0.0110 e. The fourth-order valence-electron chi connectivity index (χ4n) is 3.99. The predicted octanol–water partition coefficient (Wildman–Crippen LogP) is 4.90. The first-order valence-electron chi connectivity index (χ1n) is 10.1. The van der Waals surface area contributed by atoms with Gasteiger partial charge in [0.2, 0.25) is 0 Å². The molecule has 0 aromatic rings. The number of allylic oxidation sites excluding steroid dienone is 1. The summed E-state index contributed by atoms with van der Waals surface area (Å²) in [5.74, 6) is 0. The van der Waals surface area contributed by atoms with Crippen LogP contribution in [0.5, 0.6) is 0 Å². The Balaban J connectivity index is 1.85. The lowest BCUT2D eigenvalue weighted by atomic mass is 10.0. The Bertz CT molecular complexity index is 275. The molecule has 1 aliphatic heterocycles. The van der Waals surface area contributed by atoms with Gasteiger partial charge in [0, 0.05) is 19.1 Å².